The van der Waals surface area contributed by atoms with Crippen molar-refractivity contribution in [1.29, 1.82) is 0 Å². The van der Waals surface area contributed by atoms with E-state index < -0.39 is 11.5 Å². The molecule has 2 atom stereocenters. The van der Waals surface area contributed by atoms with Crippen LogP contribution in [0.1, 0.15) is 18.9 Å². The summed E-state index contributed by atoms with van der Waals surface area (Å²) in [6.07, 6.45) is 0.910. The molecule has 1 aromatic carbocycles. The highest BCUT2D eigenvalue weighted by Gasteiger charge is 2.24. The normalized spacial score (nSPS) is 19.1. The fourth-order valence-electron chi connectivity index (χ4n) is 1.71. The second-order valence-electron chi connectivity index (χ2n) is 4.19. The van der Waals surface area contributed by atoms with E-state index >= 15 is 0 Å². The number of ether oxygens (including phenoxy) is 2. The average molecular weight is 283 g/mol. The summed E-state index contributed by atoms with van der Waals surface area (Å²) in [5, 5.41) is 0. The van der Waals surface area contributed by atoms with Crippen LogP contribution in [0.5, 0.6) is 5.75 Å². The number of methoxy groups -OCH3 is 1. The summed E-state index contributed by atoms with van der Waals surface area (Å²) in [6.45, 7) is 2.49. The molecule has 1 heterocycles. The summed E-state index contributed by atoms with van der Waals surface area (Å²) >= 11 is -1.52. The number of nitrogens with two attached hydrogens (primary N) is 1. The number of nitrogens with one attached hydrogen (secondary N) is 1. The Bertz CT molecular complexity index is 481. The molecule has 0 saturated carbocycles. The molecule has 19 heavy (non-hydrogen) atoms. The number of hydrogen-bond donors (Lipinski definition) is 2. The van der Waals surface area contributed by atoms with Crippen LogP contribution in [0.3, 0.4) is 0 Å². The highest BCUT2D eigenvalue weighted by molar-refractivity contribution is 7.91. The van der Waals surface area contributed by atoms with Gasteiger partial charge in [0.25, 0.3) is 0 Å². The Hall–Kier alpha value is -1.44. The molecule has 0 spiro atoms. The molecule has 1 aliphatic rings. The first kappa shape index (κ1) is 14.0. The quantitative estimate of drug-likeness (QED) is 0.792. The molecule has 0 radical (unpaired) electrons. The van der Waals surface area contributed by atoms with E-state index in [1.165, 1.54) is 0 Å². The first-order valence-corrected chi connectivity index (χ1v) is 7.04. The van der Waals surface area contributed by atoms with Crippen molar-refractivity contribution >= 4 is 23.1 Å². The Morgan fingerprint density at radius 3 is 3.05 bits per heavy atom. The van der Waals surface area contributed by atoms with Gasteiger partial charge in [0.05, 0.1) is 24.0 Å². The predicted molar refractivity (Wildman–Crippen MR) is 75.5 cm³/mol. The van der Waals surface area contributed by atoms with Gasteiger partial charge in [0.2, 0.25) is 11.5 Å². The first-order chi connectivity index (χ1) is 9.11. The van der Waals surface area contributed by atoms with Crippen LogP contribution in [0.4, 0.5) is 5.69 Å². The average Bonchev–Trinajstić information content (AvgIpc) is 2.37. The van der Waals surface area contributed by atoms with E-state index in [-0.39, 0.29) is 11.9 Å². The van der Waals surface area contributed by atoms with Crippen LogP contribution in [0.15, 0.2) is 22.6 Å². The fraction of sp³-hybridized carbons (Fsp3) is 0.417. The largest absolute Gasteiger partial charge is 0.566 e. The Balaban J connectivity index is 2.12. The van der Waals surface area contributed by atoms with E-state index in [4.69, 9.17) is 15.2 Å². The molecule has 2 unspecified atom stereocenters. The number of rotatable bonds is 5. The third-order valence-corrected chi connectivity index (χ3v) is 3.60. The van der Waals surface area contributed by atoms with Gasteiger partial charge in [-0.1, -0.05) is 6.07 Å². The number of nitrogens with zero attached hydrogens (tertiary/aromatic N) is 1. The number of fused-ring (bicyclic) bond motifs is 1. The van der Waals surface area contributed by atoms with Crippen LogP contribution in [0, 0.1) is 0 Å². The van der Waals surface area contributed by atoms with Gasteiger partial charge in [-0.2, -0.15) is 4.72 Å². The maximum atomic E-state index is 11.4. The molecule has 0 aliphatic carbocycles. The lowest BCUT2D eigenvalue weighted by Gasteiger charge is -2.19. The Kier molecular flexibility index (Phi) is 4.52. The van der Waals surface area contributed by atoms with Crippen molar-refractivity contribution in [2.24, 2.45) is 10.1 Å². The standard InChI is InChI=1S/C12H17N3O3S/c1-8(17-2)6-7-18-10-5-3-4-9-11(10)12(13)15-19(16)14-9/h3-5,8,14H,6-7H2,1-2H3,(H2,13,15). The molecule has 104 valence electrons. The third-order valence-electron chi connectivity index (χ3n) is 2.85. The van der Waals surface area contributed by atoms with Crippen molar-refractivity contribution in [2.45, 2.75) is 19.4 Å². The van der Waals surface area contributed by atoms with Crippen molar-refractivity contribution in [2.75, 3.05) is 18.4 Å². The summed E-state index contributed by atoms with van der Waals surface area (Å²) in [5.74, 6) is 0.855. The van der Waals surface area contributed by atoms with E-state index in [1.54, 1.807) is 13.2 Å². The summed E-state index contributed by atoms with van der Waals surface area (Å²) < 4.78 is 28.8. The summed E-state index contributed by atoms with van der Waals surface area (Å²) in [7, 11) is 1.67. The van der Waals surface area contributed by atoms with Crippen LogP contribution < -0.4 is 15.2 Å². The lowest BCUT2D eigenvalue weighted by Crippen LogP contribution is -2.27. The zero-order valence-corrected chi connectivity index (χ0v) is 11.7. The summed E-state index contributed by atoms with van der Waals surface area (Å²) in [6, 6.07) is 5.42. The molecule has 0 bridgehead atoms. The minimum atomic E-state index is -1.52. The van der Waals surface area contributed by atoms with E-state index in [0.717, 1.165) is 6.42 Å². The molecule has 1 aromatic rings. The lowest BCUT2D eigenvalue weighted by molar-refractivity contribution is 0.0955. The topological polar surface area (TPSA) is 91.9 Å². The van der Waals surface area contributed by atoms with Gasteiger partial charge in [-0.3, -0.25) is 0 Å². The summed E-state index contributed by atoms with van der Waals surface area (Å²) in [5.41, 5.74) is 7.14. The summed E-state index contributed by atoms with van der Waals surface area (Å²) in [4.78, 5) is 0. The van der Waals surface area contributed by atoms with Crippen molar-refractivity contribution in [3.63, 3.8) is 0 Å². The van der Waals surface area contributed by atoms with Gasteiger partial charge >= 0.3 is 0 Å². The molecular formula is C12H17N3O3S. The first-order valence-electron chi connectivity index (χ1n) is 5.93. The second-order valence-corrected chi connectivity index (χ2v) is 5.07. The molecule has 1 aliphatic heterocycles. The van der Waals surface area contributed by atoms with Gasteiger partial charge < -0.3 is 19.8 Å². The maximum Gasteiger partial charge on any atom is 0.222 e. The number of amidine groups is 1. The van der Waals surface area contributed by atoms with Crippen molar-refractivity contribution in [3.8, 4) is 5.75 Å². The molecule has 0 aromatic heterocycles. The van der Waals surface area contributed by atoms with E-state index in [1.807, 2.05) is 19.1 Å². The zero-order chi connectivity index (χ0) is 13.8. The smallest absolute Gasteiger partial charge is 0.222 e. The van der Waals surface area contributed by atoms with Gasteiger partial charge in [-0.15, -0.1) is 0 Å². The molecule has 0 amide bonds. The van der Waals surface area contributed by atoms with Crippen LogP contribution in [-0.2, 0) is 16.3 Å². The van der Waals surface area contributed by atoms with Crippen molar-refractivity contribution < 1.29 is 14.0 Å². The molecule has 6 nitrogen and oxygen atoms in total. The van der Waals surface area contributed by atoms with E-state index in [2.05, 4.69) is 9.12 Å². The van der Waals surface area contributed by atoms with Crippen molar-refractivity contribution in [1.82, 2.24) is 0 Å². The zero-order valence-electron chi connectivity index (χ0n) is 10.9. The minimum Gasteiger partial charge on any atom is -0.566 e. The van der Waals surface area contributed by atoms with E-state index in [9.17, 15) is 4.55 Å². The van der Waals surface area contributed by atoms with Crippen LogP contribution in [0.2, 0.25) is 0 Å². The molecule has 2 rings (SSSR count). The van der Waals surface area contributed by atoms with Gasteiger partial charge in [-0.25, -0.2) is 0 Å². The SMILES string of the molecule is COC(C)CCOc1cccc2c1C(N)=N[S+]([O-])N2. The number of hydrogen-bond acceptors (Lipinski definition) is 6. The second kappa shape index (κ2) is 6.14. The predicted octanol–water partition coefficient (Wildman–Crippen LogP) is 1.20. The van der Waals surface area contributed by atoms with Crippen LogP contribution in [-0.4, -0.2) is 30.2 Å². The molecule has 0 fully saturated rings. The Morgan fingerprint density at radius 1 is 1.53 bits per heavy atom. The molecule has 3 N–H and O–H groups in total. The molecule has 0 saturated heterocycles. The lowest BCUT2D eigenvalue weighted by atomic mass is 10.1. The van der Waals surface area contributed by atoms with Crippen molar-refractivity contribution in [3.05, 3.63) is 23.8 Å². The van der Waals surface area contributed by atoms with Crippen LogP contribution >= 0.6 is 0 Å². The number of benzene rings is 1. The van der Waals surface area contributed by atoms with Gasteiger partial charge in [0, 0.05) is 13.5 Å². The maximum absolute atomic E-state index is 11.4. The minimum absolute atomic E-state index is 0.135. The third kappa shape index (κ3) is 3.31. The van der Waals surface area contributed by atoms with E-state index in [0.29, 0.717) is 23.6 Å². The highest BCUT2D eigenvalue weighted by atomic mass is 32.2. The fourth-order valence-corrected chi connectivity index (χ4v) is 2.38. The van der Waals surface area contributed by atoms with Gasteiger partial charge in [-0.05, 0) is 23.5 Å². The Morgan fingerprint density at radius 2 is 2.32 bits per heavy atom. The molecule has 7 heteroatoms. The monoisotopic (exact) mass is 283 g/mol. The van der Waals surface area contributed by atoms with Crippen LogP contribution in [0.25, 0.3) is 0 Å². The van der Waals surface area contributed by atoms with Gasteiger partial charge in [0.1, 0.15) is 5.75 Å². The van der Waals surface area contributed by atoms with Gasteiger partial charge in [0.15, 0.2) is 5.84 Å². The highest BCUT2D eigenvalue weighted by Crippen LogP contribution is 2.30. The molecular weight excluding hydrogens is 266 g/mol. The number of anilines is 1. The Labute approximate surface area is 115 Å².